The summed E-state index contributed by atoms with van der Waals surface area (Å²) in [6.07, 6.45) is 0. The van der Waals surface area contributed by atoms with Crippen molar-refractivity contribution in [2.24, 2.45) is 0 Å². The molecule has 0 spiro atoms. The molecule has 0 unspecified atom stereocenters. The Labute approximate surface area is 103 Å². The largest absolute Gasteiger partial charge is 0.224 e. The van der Waals surface area contributed by atoms with Crippen molar-refractivity contribution in [3.05, 3.63) is 29.8 Å². The lowest BCUT2D eigenvalue weighted by atomic mass is 9.87. The topological polar surface area (TPSA) is 34.1 Å². The summed E-state index contributed by atoms with van der Waals surface area (Å²) in [5.74, 6) is 0.870. The molecule has 0 atom stereocenters. The molecule has 0 aromatic heterocycles. The van der Waals surface area contributed by atoms with E-state index in [0.717, 1.165) is 11.3 Å². The quantitative estimate of drug-likeness (QED) is 0.843. The van der Waals surface area contributed by atoms with Crippen LogP contribution in [0.3, 0.4) is 0 Å². The molecule has 0 fully saturated rings. The molecule has 0 radical (unpaired) electrons. The van der Waals surface area contributed by atoms with E-state index in [1.165, 1.54) is 0 Å². The SMILES string of the molecule is CCS(=O)(=O)c1ccc(C(C)(C)CS)cc1. The number of hydrogen-bond donors (Lipinski definition) is 1. The minimum Gasteiger partial charge on any atom is -0.224 e. The van der Waals surface area contributed by atoms with Crippen LogP contribution in [0.1, 0.15) is 26.3 Å². The fourth-order valence-corrected chi connectivity index (χ4v) is 2.44. The van der Waals surface area contributed by atoms with Gasteiger partial charge in [0.1, 0.15) is 0 Å². The van der Waals surface area contributed by atoms with E-state index in [0.29, 0.717) is 4.90 Å². The average Bonchev–Trinajstić information content (AvgIpc) is 2.29. The van der Waals surface area contributed by atoms with Crippen LogP contribution in [-0.4, -0.2) is 19.9 Å². The normalized spacial score (nSPS) is 12.8. The van der Waals surface area contributed by atoms with Gasteiger partial charge in [0.2, 0.25) is 0 Å². The van der Waals surface area contributed by atoms with Crippen LogP contribution in [0, 0.1) is 0 Å². The molecule has 1 aromatic carbocycles. The third kappa shape index (κ3) is 2.80. The molecule has 0 saturated carbocycles. The highest BCUT2D eigenvalue weighted by Crippen LogP contribution is 2.25. The predicted molar refractivity (Wildman–Crippen MR) is 71.0 cm³/mol. The van der Waals surface area contributed by atoms with Crippen molar-refractivity contribution in [2.75, 3.05) is 11.5 Å². The van der Waals surface area contributed by atoms with Crippen molar-refractivity contribution in [3.63, 3.8) is 0 Å². The summed E-state index contributed by atoms with van der Waals surface area (Å²) in [7, 11) is -3.09. The first-order chi connectivity index (χ1) is 7.33. The lowest BCUT2D eigenvalue weighted by Crippen LogP contribution is -2.19. The van der Waals surface area contributed by atoms with Crippen molar-refractivity contribution in [1.82, 2.24) is 0 Å². The van der Waals surface area contributed by atoms with Crippen molar-refractivity contribution in [1.29, 1.82) is 0 Å². The first-order valence-corrected chi connectivity index (χ1v) is 7.56. The van der Waals surface area contributed by atoms with Crippen molar-refractivity contribution < 1.29 is 8.42 Å². The summed E-state index contributed by atoms with van der Waals surface area (Å²) in [4.78, 5) is 0.397. The van der Waals surface area contributed by atoms with E-state index in [-0.39, 0.29) is 11.2 Å². The van der Waals surface area contributed by atoms with Gasteiger partial charge in [0.05, 0.1) is 10.6 Å². The van der Waals surface area contributed by atoms with Crippen molar-refractivity contribution in [3.8, 4) is 0 Å². The zero-order chi connectivity index (χ0) is 12.4. The molecule has 0 N–H and O–H groups in total. The molecule has 0 heterocycles. The van der Waals surface area contributed by atoms with Crippen LogP contribution in [0.2, 0.25) is 0 Å². The summed E-state index contributed by atoms with van der Waals surface area (Å²) >= 11 is 4.30. The van der Waals surface area contributed by atoms with Gasteiger partial charge in [-0.2, -0.15) is 12.6 Å². The van der Waals surface area contributed by atoms with Crippen LogP contribution in [0.25, 0.3) is 0 Å². The Hall–Kier alpha value is -0.480. The van der Waals surface area contributed by atoms with Crippen molar-refractivity contribution >= 4 is 22.5 Å². The zero-order valence-electron chi connectivity index (χ0n) is 9.90. The molecule has 0 aliphatic rings. The molecule has 1 aromatic rings. The van der Waals surface area contributed by atoms with Crippen LogP contribution < -0.4 is 0 Å². The number of sulfone groups is 1. The molecule has 2 nitrogen and oxygen atoms in total. The van der Waals surface area contributed by atoms with Crippen LogP contribution in [-0.2, 0) is 15.3 Å². The average molecular weight is 258 g/mol. The van der Waals surface area contributed by atoms with Gasteiger partial charge in [0, 0.05) is 0 Å². The minimum atomic E-state index is -3.09. The second kappa shape index (κ2) is 4.80. The van der Waals surface area contributed by atoms with E-state index >= 15 is 0 Å². The minimum absolute atomic E-state index is 0.0301. The number of benzene rings is 1. The predicted octanol–water partition coefficient (Wildman–Crippen LogP) is 2.69. The van der Waals surface area contributed by atoms with Gasteiger partial charge in [-0.3, -0.25) is 0 Å². The smallest absolute Gasteiger partial charge is 0.178 e. The van der Waals surface area contributed by atoms with Crippen molar-refractivity contribution in [2.45, 2.75) is 31.1 Å². The molecule has 4 heteroatoms. The highest BCUT2D eigenvalue weighted by Gasteiger charge is 2.19. The molecule has 0 bridgehead atoms. The summed E-state index contributed by atoms with van der Waals surface area (Å²) in [6.45, 7) is 5.83. The Balaban J connectivity index is 3.10. The van der Waals surface area contributed by atoms with Gasteiger partial charge in [-0.1, -0.05) is 32.9 Å². The highest BCUT2D eigenvalue weighted by atomic mass is 32.2. The Bertz CT molecular complexity index is 444. The molecule has 1 rings (SSSR count). The summed E-state index contributed by atoms with van der Waals surface area (Å²) in [5, 5.41) is 0. The third-order valence-corrected chi connectivity index (χ3v) is 5.31. The lowest BCUT2D eigenvalue weighted by Gasteiger charge is -2.22. The molecule has 0 amide bonds. The monoisotopic (exact) mass is 258 g/mol. The van der Waals surface area contributed by atoms with Gasteiger partial charge in [-0.25, -0.2) is 8.42 Å². The summed E-state index contributed by atoms with van der Waals surface area (Å²) in [6, 6.07) is 7.11. The van der Waals surface area contributed by atoms with E-state index in [1.54, 1.807) is 19.1 Å². The van der Waals surface area contributed by atoms with Gasteiger partial charge in [-0.15, -0.1) is 0 Å². The maximum Gasteiger partial charge on any atom is 0.178 e. The first kappa shape index (κ1) is 13.6. The summed E-state index contributed by atoms with van der Waals surface area (Å²) in [5.41, 5.74) is 1.08. The number of rotatable bonds is 4. The molecular formula is C12H18O2S2. The Morgan fingerprint density at radius 3 is 2.06 bits per heavy atom. The van der Waals surface area contributed by atoms with E-state index in [2.05, 4.69) is 26.5 Å². The standard InChI is InChI=1S/C12H18O2S2/c1-4-16(13,14)11-7-5-10(6-8-11)12(2,3)9-15/h5-8,15H,4,9H2,1-3H3. The van der Waals surface area contributed by atoms with E-state index in [4.69, 9.17) is 0 Å². The van der Waals surface area contributed by atoms with Crippen LogP contribution >= 0.6 is 12.6 Å². The summed E-state index contributed by atoms with van der Waals surface area (Å²) < 4.78 is 23.2. The second-order valence-electron chi connectivity index (χ2n) is 4.47. The van der Waals surface area contributed by atoms with Gasteiger partial charge in [-0.05, 0) is 28.9 Å². The third-order valence-electron chi connectivity index (χ3n) is 2.77. The number of hydrogen-bond acceptors (Lipinski definition) is 3. The zero-order valence-corrected chi connectivity index (χ0v) is 11.6. The molecule has 16 heavy (non-hydrogen) atoms. The van der Waals surface area contributed by atoms with Crippen LogP contribution in [0.4, 0.5) is 0 Å². The molecule has 0 aliphatic carbocycles. The van der Waals surface area contributed by atoms with Crippen LogP contribution in [0.15, 0.2) is 29.2 Å². The molecule has 0 saturated heterocycles. The lowest BCUT2D eigenvalue weighted by molar-refractivity contribution is 0.593. The highest BCUT2D eigenvalue weighted by molar-refractivity contribution is 7.91. The van der Waals surface area contributed by atoms with E-state index in [1.807, 2.05) is 12.1 Å². The van der Waals surface area contributed by atoms with Gasteiger partial charge in [0.15, 0.2) is 9.84 Å². The van der Waals surface area contributed by atoms with Gasteiger partial charge in [0.25, 0.3) is 0 Å². The maximum atomic E-state index is 11.6. The first-order valence-electron chi connectivity index (χ1n) is 5.27. The Morgan fingerprint density at radius 1 is 1.19 bits per heavy atom. The second-order valence-corrected chi connectivity index (χ2v) is 7.06. The maximum absolute atomic E-state index is 11.6. The van der Waals surface area contributed by atoms with Crippen LogP contribution in [0.5, 0.6) is 0 Å². The van der Waals surface area contributed by atoms with E-state index in [9.17, 15) is 8.42 Å². The molecule has 90 valence electrons. The Morgan fingerprint density at radius 2 is 1.69 bits per heavy atom. The van der Waals surface area contributed by atoms with Gasteiger partial charge < -0.3 is 0 Å². The number of thiol groups is 1. The van der Waals surface area contributed by atoms with E-state index < -0.39 is 9.84 Å². The fourth-order valence-electron chi connectivity index (χ4n) is 1.37. The molecular weight excluding hydrogens is 240 g/mol. The molecule has 0 aliphatic heterocycles. The van der Waals surface area contributed by atoms with Gasteiger partial charge >= 0.3 is 0 Å². The fraction of sp³-hybridized carbons (Fsp3) is 0.500. The Kier molecular flexibility index (Phi) is 4.07.